The average Bonchev–Trinajstić information content (AvgIpc) is 3.64. The number of aliphatic hydroxyl groups is 2. The Hall–Kier alpha value is -3.42. The van der Waals surface area contributed by atoms with Gasteiger partial charge in [0.25, 0.3) is 5.91 Å². The zero-order valence-electron chi connectivity index (χ0n) is 23.0. The Morgan fingerprint density at radius 1 is 1.23 bits per heavy atom. The number of thiophene rings is 1. The quantitative estimate of drug-likeness (QED) is 0.191. The lowest BCUT2D eigenvalue weighted by Crippen LogP contribution is -2.58. The topological polar surface area (TPSA) is 131 Å². The van der Waals surface area contributed by atoms with Gasteiger partial charge in [-0.15, -0.1) is 11.3 Å². The highest BCUT2D eigenvalue weighted by molar-refractivity contribution is 7.13. The molecule has 4 aromatic heterocycles. The van der Waals surface area contributed by atoms with Crippen molar-refractivity contribution in [3.8, 4) is 21.8 Å². The Labute approximate surface area is 237 Å². The molecule has 4 N–H and O–H groups in total. The van der Waals surface area contributed by atoms with Crippen molar-refractivity contribution in [2.45, 2.75) is 38.6 Å². The first-order valence-corrected chi connectivity index (χ1v) is 14.5. The fourth-order valence-electron chi connectivity index (χ4n) is 5.12. The number of hydrogen-bond donors (Lipinski definition) is 4. The molecule has 0 saturated carbocycles. The molecule has 5 rings (SSSR count). The Balaban J connectivity index is 1.52. The molecule has 212 valence electrons. The molecule has 1 amide bonds. The smallest absolute Gasteiger partial charge is 0.251 e. The van der Waals surface area contributed by atoms with Gasteiger partial charge in [0, 0.05) is 24.8 Å². The van der Waals surface area contributed by atoms with E-state index in [1.165, 1.54) is 0 Å². The number of aliphatic hydroxyl groups excluding tert-OH is 2. The van der Waals surface area contributed by atoms with Crippen LogP contribution in [-0.2, 0) is 0 Å². The van der Waals surface area contributed by atoms with E-state index in [0.717, 1.165) is 30.1 Å². The molecule has 40 heavy (non-hydrogen) atoms. The minimum absolute atomic E-state index is 0.0488. The summed E-state index contributed by atoms with van der Waals surface area (Å²) in [6, 6.07) is 9.12. The van der Waals surface area contributed by atoms with E-state index in [1.807, 2.05) is 48.5 Å². The number of amides is 1. The van der Waals surface area contributed by atoms with Gasteiger partial charge in [-0.05, 0) is 56.2 Å². The van der Waals surface area contributed by atoms with E-state index < -0.39 is 6.23 Å². The summed E-state index contributed by atoms with van der Waals surface area (Å²) in [5.41, 5.74) is 3.19. The SMILES string of the molecule is CCN(CC)[C@@H](CO)CNC(=O)c1cc(-c2cnn3ccc(-c4cccs4)nc23)nc(N2CC[C@H]2C(O)NC)c1. The lowest BCUT2D eigenvalue weighted by atomic mass is 10.0. The first-order chi connectivity index (χ1) is 19.5. The summed E-state index contributed by atoms with van der Waals surface area (Å²) in [7, 11) is 1.72. The van der Waals surface area contributed by atoms with Crippen LogP contribution in [0.4, 0.5) is 5.82 Å². The summed E-state index contributed by atoms with van der Waals surface area (Å²) in [5, 5.41) is 32.8. The lowest BCUT2D eigenvalue weighted by molar-refractivity contribution is 0.0903. The molecule has 0 radical (unpaired) electrons. The monoisotopic (exact) mass is 564 g/mol. The van der Waals surface area contributed by atoms with Gasteiger partial charge in [-0.2, -0.15) is 5.10 Å². The summed E-state index contributed by atoms with van der Waals surface area (Å²) >= 11 is 1.61. The molecule has 0 bridgehead atoms. The van der Waals surface area contributed by atoms with Crippen LogP contribution in [0, 0.1) is 0 Å². The largest absolute Gasteiger partial charge is 0.395 e. The number of likely N-dealkylation sites (N-methyl/N-ethyl adjacent to an activating group) is 2. The molecule has 1 saturated heterocycles. The summed E-state index contributed by atoms with van der Waals surface area (Å²) in [6.45, 7) is 6.61. The van der Waals surface area contributed by atoms with Crippen LogP contribution in [0.3, 0.4) is 0 Å². The molecular formula is C28H36N8O3S. The predicted molar refractivity (Wildman–Crippen MR) is 156 cm³/mol. The van der Waals surface area contributed by atoms with Gasteiger partial charge in [-0.1, -0.05) is 19.9 Å². The van der Waals surface area contributed by atoms with E-state index in [0.29, 0.717) is 41.4 Å². The zero-order valence-corrected chi connectivity index (χ0v) is 23.8. The molecule has 11 nitrogen and oxygen atoms in total. The van der Waals surface area contributed by atoms with Crippen LogP contribution in [-0.4, -0.2) is 98.7 Å². The highest BCUT2D eigenvalue weighted by Gasteiger charge is 2.35. The molecule has 5 heterocycles. The number of anilines is 1. The van der Waals surface area contributed by atoms with Gasteiger partial charge in [0.1, 0.15) is 12.0 Å². The van der Waals surface area contributed by atoms with Gasteiger partial charge in [0.05, 0.1) is 46.7 Å². The summed E-state index contributed by atoms with van der Waals surface area (Å²) in [5.74, 6) is 0.342. The third-order valence-electron chi connectivity index (χ3n) is 7.55. The predicted octanol–water partition coefficient (Wildman–Crippen LogP) is 2.07. The Kier molecular flexibility index (Phi) is 8.72. The molecule has 1 unspecified atom stereocenters. The lowest BCUT2D eigenvalue weighted by Gasteiger charge is -2.44. The highest BCUT2D eigenvalue weighted by atomic mass is 32.1. The number of fused-ring (bicyclic) bond motifs is 1. The standard InChI is InChI=1S/C28H36N8O3S/c1-4-34(5-2)19(17-37)15-30-27(38)18-13-22(32-25(14-18)35-10-9-23(35)28(39)29-3)20-16-31-36-11-8-21(33-26(20)36)24-7-6-12-40-24/h6-8,11-14,16,19,23,28-29,37,39H,4-5,9-10,15,17H2,1-3H3,(H,30,38)/t19-,23+,28?/m1/s1. The van der Waals surface area contributed by atoms with Crippen LogP contribution in [0.1, 0.15) is 30.6 Å². The second-order valence-corrected chi connectivity index (χ2v) is 10.7. The van der Waals surface area contributed by atoms with Crippen molar-refractivity contribution in [1.82, 2.24) is 35.1 Å². The highest BCUT2D eigenvalue weighted by Crippen LogP contribution is 2.32. The van der Waals surface area contributed by atoms with Gasteiger partial charge in [-0.25, -0.2) is 14.5 Å². The van der Waals surface area contributed by atoms with Crippen LogP contribution < -0.4 is 15.5 Å². The molecule has 0 aliphatic carbocycles. The van der Waals surface area contributed by atoms with Crippen LogP contribution in [0.15, 0.2) is 48.1 Å². The summed E-state index contributed by atoms with van der Waals surface area (Å²) in [4.78, 5) is 28.4. The van der Waals surface area contributed by atoms with E-state index in [-0.39, 0.29) is 24.6 Å². The minimum atomic E-state index is -0.720. The maximum absolute atomic E-state index is 13.5. The third kappa shape index (κ3) is 5.58. The van der Waals surface area contributed by atoms with Gasteiger partial charge in [0.15, 0.2) is 5.65 Å². The van der Waals surface area contributed by atoms with Gasteiger partial charge >= 0.3 is 0 Å². The summed E-state index contributed by atoms with van der Waals surface area (Å²) in [6.07, 6.45) is 3.67. The molecule has 12 heteroatoms. The third-order valence-corrected chi connectivity index (χ3v) is 8.44. The molecule has 3 atom stereocenters. The second kappa shape index (κ2) is 12.4. The van der Waals surface area contributed by atoms with Crippen molar-refractivity contribution < 1.29 is 15.0 Å². The van der Waals surface area contributed by atoms with Crippen LogP contribution >= 0.6 is 11.3 Å². The Morgan fingerprint density at radius 3 is 2.70 bits per heavy atom. The normalized spacial score (nSPS) is 16.8. The zero-order chi connectivity index (χ0) is 28.2. The van der Waals surface area contributed by atoms with Crippen molar-refractivity contribution in [3.63, 3.8) is 0 Å². The van der Waals surface area contributed by atoms with E-state index in [9.17, 15) is 15.0 Å². The average molecular weight is 565 g/mol. The van der Waals surface area contributed by atoms with E-state index >= 15 is 0 Å². The molecule has 1 fully saturated rings. The van der Waals surface area contributed by atoms with Crippen molar-refractivity contribution >= 4 is 28.7 Å². The maximum atomic E-state index is 13.5. The molecule has 0 spiro atoms. The van der Waals surface area contributed by atoms with E-state index in [1.54, 1.807) is 41.2 Å². The fourth-order valence-corrected chi connectivity index (χ4v) is 5.81. The number of pyridine rings is 1. The van der Waals surface area contributed by atoms with Crippen molar-refractivity contribution in [2.24, 2.45) is 0 Å². The number of carbonyl (C=O) groups is 1. The van der Waals surface area contributed by atoms with Crippen molar-refractivity contribution in [3.05, 3.63) is 53.7 Å². The molecule has 4 aromatic rings. The van der Waals surface area contributed by atoms with Gasteiger partial charge in [-0.3, -0.25) is 15.0 Å². The van der Waals surface area contributed by atoms with Crippen molar-refractivity contribution in [2.75, 3.05) is 44.7 Å². The van der Waals surface area contributed by atoms with Crippen LogP contribution in [0.25, 0.3) is 27.5 Å². The van der Waals surface area contributed by atoms with E-state index in [2.05, 4.69) is 20.6 Å². The molecule has 1 aliphatic rings. The fraction of sp³-hybridized carbons (Fsp3) is 0.429. The maximum Gasteiger partial charge on any atom is 0.251 e. The minimum Gasteiger partial charge on any atom is -0.395 e. The molecule has 1 aliphatic heterocycles. The Bertz CT molecular complexity index is 1440. The molecule has 0 aromatic carbocycles. The number of hydrogen-bond acceptors (Lipinski definition) is 10. The molecular weight excluding hydrogens is 528 g/mol. The first-order valence-electron chi connectivity index (χ1n) is 13.6. The number of nitrogens with one attached hydrogen (secondary N) is 2. The van der Waals surface area contributed by atoms with Gasteiger partial charge in [0.2, 0.25) is 0 Å². The van der Waals surface area contributed by atoms with E-state index in [4.69, 9.17) is 9.97 Å². The number of rotatable bonds is 12. The van der Waals surface area contributed by atoms with Crippen LogP contribution in [0.2, 0.25) is 0 Å². The number of aromatic nitrogens is 4. The van der Waals surface area contributed by atoms with Crippen LogP contribution in [0.5, 0.6) is 0 Å². The van der Waals surface area contributed by atoms with Crippen molar-refractivity contribution in [1.29, 1.82) is 0 Å². The first kappa shape index (κ1) is 28.1. The van der Waals surface area contributed by atoms with Gasteiger partial charge < -0.3 is 20.4 Å². The summed E-state index contributed by atoms with van der Waals surface area (Å²) < 4.78 is 1.70. The number of nitrogens with zero attached hydrogens (tertiary/aromatic N) is 6. The second-order valence-electron chi connectivity index (χ2n) is 9.77. The number of carbonyl (C=O) groups excluding carboxylic acids is 1. The Morgan fingerprint density at radius 2 is 2.05 bits per heavy atom.